The lowest BCUT2D eigenvalue weighted by Gasteiger charge is -2.31. The first-order chi connectivity index (χ1) is 15.2. The quantitative estimate of drug-likeness (QED) is 0.709. The molecule has 1 saturated carbocycles. The molecule has 2 amide bonds. The fourth-order valence-corrected chi connectivity index (χ4v) is 4.52. The van der Waals surface area contributed by atoms with Crippen molar-refractivity contribution >= 4 is 12.0 Å². The maximum absolute atomic E-state index is 13.5. The number of likely N-dealkylation sites (tertiary alicyclic amines) is 1. The topological polar surface area (TPSA) is 62.3 Å². The van der Waals surface area contributed by atoms with Gasteiger partial charge in [0.05, 0.1) is 6.54 Å². The molecule has 1 aromatic carbocycles. The Labute approximate surface area is 189 Å². The van der Waals surface area contributed by atoms with Gasteiger partial charge in [-0.2, -0.15) is 0 Å². The molecule has 2 unspecified atom stereocenters. The number of hydrogen-bond acceptors (Lipinski definition) is 5. The number of rotatable bonds is 4. The molecule has 0 aromatic heterocycles. The summed E-state index contributed by atoms with van der Waals surface area (Å²) in [6.45, 7) is 8.96. The summed E-state index contributed by atoms with van der Waals surface area (Å²) in [5, 5.41) is 0. The Morgan fingerprint density at radius 1 is 1.03 bits per heavy atom. The van der Waals surface area contributed by atoms with Crippen LogP contribution in [0.2, 0.25) is 0 Å². The Balaban J connectivity index is 1.46. The lowest BCUT2D eigenvalue weighted by molar-refractivity contribution is -0.135. The summed E-state index contributed by atoms with van der Waals surface area (Å²) >= 11 is 0. The molecule has 0 radical (unpaired) electrons. The van der Waals surface area contributed by atoms with Gasteiger partial charge in [-0.1, -0.05) is 0 Å². The van der Waals surface area contributed by atoms with Gasteiger partial charge in [0.25, 0.3) is 0 Å². The smallest absolute Gasteiger partial charge is 0.411 e. The molecule has 176 valence electrons. The van der Waals surface area contributed by atoms with Crippen LogP contribution in [0.5, 0.6) is 5.75 Å². The largest absolute Gasteiger partial charge is 0.488 e. The van der Waals surface area contributed by atoms with Gasteiger partial charge < -0.3 is 14.4 Å². The Bertz CT molecular complexity index is 822. The second-order valence-electron chi connectivity index (χ2n) is 10.0. The minimum Gasteiger partial charge on any atom is -0.488 e. The van der Waals surface area contributed by atoms with E-state index in [1.165, 1.54) is 29.9 Å². The van der Waals surface area contributed by atoms with Crippen LogP contribution in [0, 0.1) is 5.82 Å². The van der Waals surface area contributed by atoms with Gasteiger partial charge in [-0.05, 0) is 64.3 Å². The lowest BCUT2D eigenvalue weighted by atomic mass is 10.1. The molecule has 1 aromatic rings. The van der Waals surface area contributed by atoms with Crippen LogP contribution in [0.15, 0.2) is 24.3 Å². The summed E-state index contributed by atoms with van der Waals surface area (Å²) in [5.74, 6) is 0.135. The molecule has 3 fully saturated rings. The van der Waals surface area contributed by atoms with E-state index >= 15 is 0 Å². The number of halogens is 1. The third kappa shape index (κ3) is 5.71. The highest BCUT2D eigenvalue weighted by Gasteiger charge is 2.44. The van der Waals surface area contributed by atoms with Gasteiger partial charge in [0.2, 0.25) is 5.91 Å². The summed E-state index contributed by atoms with van der Waals surface area (Å²) in [6, 6.07) is 5.85. The molecule has 32 heavy (non-hydrogen) atoms. The highest BCUT2D eigenvalue weighted by Crippen LogP contribution is 2.29. The van der Waals surface area contributed by atoms with Crippen molar-refractivity contribution in [2.24, 2.45) is 0 Å². The van der Waals surface area contributed by atoms with Crippen LogP contribution >= 0.6 is 0 Å². The zero-order valence-electron chi connectivity index (χ0n) is 19.3. The maximum atomic E-state index is 13.5. The molecular formula is C24H34FN3O4. The average molecular weight is 448 g/mol. The number of amides is 2. The molecule has 4 rings (SSSR count). The molecule has 2 aliphatic heterocycles. The second-order valence-corrected chi connectivity index (χ2v) is 10.0. The minimum atomic E-state index is -0.659. The van der Waals surface area contributed by atoms with E-state index in [4.69, 9.17) is 9.47 Å². The Kier molecular flexibility index (Phi) is 6.60. The predicted octanol–water partition coefficient (Wildman–Crippen LogP) is 3.28. The van der Waals surface area contributed by atoms with Crippen molar-refractivity contribution in [1.29, 1.82) is 0 Å². The van der Waals surface area contributed by atoms with Crippen LogP contribution in [0.4, 0.5) is 9.18 Å². The molecule has 2 saturated heterocycles. The van der Waals surface area contributed by atoms with E-state index in [1.54, 1.807) is 12.1 Å². The molecular weight excluding hydrogens is 413 g/mol. The van der Waals surface area contributed by atoms with Crippen LogP contribution in [-0.4, -0.2) is 83.2 Å². The normalized spacial score (nSPS) is 24.9. The van der Waals surface area contributed by atoms with Gasteiger partial charge in [0, 0.05) is 38.6 Å². The zero-order chi connectivity index (χ0) is 22.9. The summed E-state index contributed by atoms with van der Waals surface area (Å²) in [5.41, 5.74) is -0.659. The van der Waals surface area contributed by atoms with Gasteiger partial charge in [-0.15, -0.1) is 0 Å². The van der Waals surface area contributed by atoms with E-state index in [-0.39, 0.29) is 24.4 Å². The van der Waals surface area contributed by atoms with Gasteiger partial charge >= 0.3 is 6.09 Å². The highest BCUT2D eigenvalue weighted by atomic mass is 19.1. The molecule has 3 aliphatic rings. The zero-order valence-corrected chi connectivity index (χ0v) is 19.3. The van der Waals surface area contributed by atoms with Crippen molar-refractivity contribution in [3.8, 4) is 5.75 Å². The van der Waals surface area contributed by atoms with Crippen LogP contribution in [-0.2, 0) is 9.53 Å². The van der Waals surface area contributed by atoms with Crippen LogP contribution in [0.3, 0.4) is 0 Å². The van der Waals surface area contributed by atoms with Gasteiger partial charge in [-0.3, -0.25) is 14.6 Å². The van der Waals surface area contributed by atoms with Crippen LogP contribution in [0.25, 0.3) is 0 Å². The first kappa shape index (κ1) is 22.8. The van der Waals surface area contributed by atoms with E-state index in [9.17, 15) is 14.0 Å². The molecule has 2 heterocycles. The number of nitrogens with zero attached hydrogens (tertiary/aromatic N) is 3. The summed E-state index contributed by atoms with van der Waals surface area (Å²) in [4.78, 5) is 32.3. The third-order valence-corrected chi connectivity index (χ3v) is 6.20. The van der Waals surface area contributed by atoms with E-state index in [1.807, 2.05) is 25.7 Å². The van der Waals surface area contributed by atoms with Crippen molar-refractivity contribution in [3.05, 3.63) is 30.1 Å². The van der Waals surface area contributed by atoms with E-state index in [2.05, 4.69) is 4.90 Å². The third-order valence-electron chi connectivity index (χ3n) is 6.20. The molecule has 2 atom stereocenters. The number of carbonyl (C=O) groups is 2. The van der Waals surface area contributed by atoms with Crippen molar-refractivity contribution < 1.29 is 23.5 Å². The van der Waals surface area contributed by atoms with E-state index < -0.39 is 17.7 Å². The minimum absolute atomic E-state index is 0.0429. The molecule has 8 heteroatoms. The summed E-state index contributed by atoms with van der Waals surface area (Å²) in [7, 11) is 0. The molecule has 0 bridgehead atoms. The van der Waals surface area contributed by atoms with E-state index in [0.29, 0.717) is 31.3 Å². The van der Waals surface area contributed by atoms with Gasteiger partial charge in [0.1, 0.15) is 29.3 Å². The lowest BCUT2D eigenvalue weighted by Crippen LogP contribution is -2.49. The summed E-state index contributed by atoms with van der Waals surface area (Å²) < 4.78 is 24.8. The highest BCUT2D eigenvalue weighted by molar-refractivity contribution is 5.86. The predicted molar refractivity (Wildman–Crippen MR) is 118 cm³/mol. The van der Waals surface area contributed by atoms with Crippen molar-refractivity contribution in [3.63, 3.8) is 0 Å². The first-order valence-corrected chi connectivity index (χ1v) is 11.6. The van der Waals surface area contributed by atoms with Gasteiger partial charge in [0.15, 0.2) is 0 Å². The Morgan fingerprint density at radius 2 is 1.75 bits per heavy atom. The monoisotopic (exact) mass is 447 g/mol. The number of hydrogen-bond donors (Lipinski definition) is 0. The second kappa shape index (κ2) is 9.25. The SMILES string of the molecule is CC(C)(C)OC(=O)N1CC(Oc2ccc(F)cc2)CC1C(=O)N1CCCN(C2CC2)CC1. The standard InChI is InChI=1S/C24H34FN3O4/c1-24(2,3)32-23(30)28-16-20(31-19-9-5-17(25)6-10-19)15-21(28)22(29)27-12-4-11-26(13-14-27)18-7-8-18/h5-6,9-10,18,20-21H,4,7-8,11-16H2,1-3H3. The van der Waals surface area contributed by atoms with Crippen molar-refractivity contribution in [2.75, 3.05) is 32.7 Å². The average Bonchev–Trinajstić information content (AvgIpc) is 3.51. The van der Waals surface area contributed by atoms with Crippen molar-refractivity contribution in [1.82, 2.24) is 14.7 Å². The number of benzene rings is 1. The molecule has 1 aliphatic carbocycles. The van der Waals surface area contributed by atoms with Crippen LogP contribution < -0.4 is 4.74 Å². The fraction of sp³-hybridized carbons (Fsp3) is 0.667. The number of ether oxygens (including phenoxy) is 2. The van der Waals surface area contributed by atoms with Crippen molar-refractivity contribution in [2.45, 2.75) is 70.2 Å². The number of carbonyl (C=O) groups excluding carboxylic acids is 2. The molecule has 0 N–H and O–H groups in total. The van der Waals surface area contributed by atoms with E-state index in [0.717, 1.165) is 19.5 Å². The Morgan fingerprint density at radius 3 is 2.41 bits per heavy atom. The van der Waals surface area contributed by atoms with Gasteiger partial charge in [-0.25, -0.2) is 9.18 Å². The Hall–Kier alpha value is -2.35. The summed E-state index contributed by atoms with van der Waals surface area (Å²) in [6.07, 6.45) is 2.97. The molecule has 7 nitrogen and oxygen atoms in total. The maximum Gasteiger partial charge on any atom is 0.411 e. The molecule has 0 spiro atoms. The fourth-order valence-electron chi connectivity index (χ4n) is 4.52. The van der Waals surface area contributed by atoms with Crippen LogP contribution in [0.1, 0.15) is 46.5 Å². The first-order valence-electron chi connectivity index (χ1n) is 11.6.